The number of nitrogens with zero attached hydrogens (tertiary/aromatic N) is 1. The molecule has 2 rings (SSSR count). The summed E-state index contributed by atoms with van der Waals surface area (Å²) >= 11 is 0. The second-order valence-corrected chi connectivity index (χ2v) is 5.75. The monoisotopic (exact) mass is 291 g/mol. The molecule has 1 aromatic carbocycles. The third-order valence-electron chi connectivity index (χ3n) is 3.82. The van der Waals surface area contributed by atoms with Crippen molar-refractivity contribution >= 4 is 5.91 Å². The van der Waals surface area contributed by atoms with Crippen LogP contribution in [0.25, 0.3) is 0 Å². The lowest BCUT2D eigenvalue weighted by Crippen LogP contribution is -2.40. The molecule has 1 aromatic rings. The van der Waals surface area contributed by atoms with Gasteiger partial charge in [0.2, 0.25) is 5.91 Å². The maximum Gasteiger partial charge on any atom is 0.242 e. The fourth-order valence-corrected chi connectivity index (χ4v) is 2.28. The van der Waals surface area contributed by atoms with E-state index in [0.29, 0.717) is 13.2 Å². The molecule has 5 nitrogen and oxygen atoms in total. The molecular formula is C16H25N3O2. The molecule has 0 spiro atoms. The summed E-state index contributed by atoms with van der Waals surface area (Å²) in [5.74, 6) is 5.67. The summed E-state index contributed by atoms with van der Waals surface area (Å²) in [4.78, 5) is 14.1. The number of likely N-dealkylation sites (N-methyl/N-ethyl adjacent to an activating group) is 1. The maximum atomic E-state index is 12.0. The molecular weight excluding hydrogens is 266 g/mol. The summed E-state index contributed by atoms with van der Waals surface area (Å²) in [6.45, 7) is 3.02. The Bertz CT molecular complexity index is 434. The van der Waals surface area contributed by atoms with Crippen LogP contribution in [-0.2, 0) is 9.53 Å². The molecule has 0 saturated heterocycles. The lowest BCUT2D eigenvalue weighted by atomic mass is 9.98. The summed E-state index contributed by atoms with van der Waals surface area (Å²) in [5, 5.41) is 0. The number of amides is 1. The average Bonchev–Trinajstić information content (AvgIpc) is 3.33. The second-order valence-electron chi connectivity index (χ2n) is 5.75. The summed E-state index contributed by atoms with van der Waals surface area (Å²) in [7, 11) is 2.00. The highest BCUT2D eigenvalue weighted by atomic mass is 16.5. The standard InChI is InChI=1S/C16H25N3O2/c1-19(9-10-21-12-13-7-8-13)11-15(16(20)18-17)14-5-3-2-4-6-14/h2-6,13,15H,7-12,17H2,1H3,(H,18,20). The van der Waals surface area contributed by atoms with Crippen LogP contribution in [0.3, 0.4) is 0 Å². The first-order valence-electron chi connectivity index (χ1n) is 7.52. The molecule has 1 aliphatic carbocycles. The fraction of sp³-hybridized carbons (Fsp3) is 0.562. The lowest BCUT2D eigenvalue weighted by molar-refractivity contribution is -0.123. The highest BCUT2D eigenvalue weighted by molar-refractivity contribution is 5.83. The zero-order valence-electron chi connectivity index (χ0n) is 12.6. The van der Waals surface area contributed by atoms with E-state index in [0.717, 1.165) is 24.6 Å². The summed E-state index contributed by atoms with van der Waals surface area (Å²) in [5.41, 5.74) is 3.24. The maximum absolute atomic E-state index is 12.0. The number of hydrazine groups is 1. The molecule has 1 aliphatic rings. The molecule has 116 valence electrons. The van der Waals surface area contributed by atoms with Gasteiger partial charge in [0, 0.05) is 19.7 Å². The summed E-state index contributed by atoms with van der Waals surface area (Å²) < 4.78 is 5.64. The van der Waals surface area contributed by atoms with Crippen molar-refractivity contribution in [3.05, 3.63) is 35.9 Å². The van der Waals surface area contributed by atoms with Crippen LogP contribution in [-0.4, -0.2) is 44.2 Å². The van der Waals surface area contributed by atoms with Crippen molar-refractivity contribution < 1.29 is 9.53 Å². The van der Waals surface area contributed by atoms with Crippen LogP contribution in [0.5, 0.6) is 0 Å². The van der Waals surface area contributed by atoms with Gasteiger partial charge < -0.3 is 9.64 Å². The predicted molar refractivity (Wildman–Crippen MR) is 82.6 cm³/mol. The summed E-state index contributed by atoms with van der Waals surface area (Å²) in [6.07, 6.45) is 2.62. The first-order valence-corrected chi connectivity index (χ1v) is 7.52. The molecule has 0 radical (unpaired) electrons. The Hall–Kier alpha value is -1.43. The van der Waals surface area contributed by atoms with E-state index in [1.54, 1.807) is 0 Å². The molecule has 0 aromatic heterocycles. The van der Waals surface area contributed by atoms with Crippen molar-refractivity contribution in [1.82, 2.24) is 10.3 Å². The Labute approximate surface area is 126 Å². The second kappa shape index (κ2) is 8.12. The Morgan fingerprint density at radius 1 is 1.43 bits per heavy atom. The Kier molecular flexibility index (Phi) is 6.17. The zero-order valence-corrected chi connectivity index (χ0v) is 12.6. The molecule has 1 saturated carbocycles. The SMILES string of the molecule is CN(CCOCC1CC1)CC(C(=O)NN)c1ccccc1. The van der Waals surface area contributed by atoms with Crippen molar-refractivity contribution in [2.45, 2.75) is 18.8 Å². The zero-order chi connectivity index (χ0) is 15.1. The largest absolute Gasteiger partial charge is 0.380 e. The van der Waals surface area contributed by atoms with E-state index in [-0.39, 0.29) is 11.8 Å². The predicted octanol–water partition coefficient (Wildman–Crippen LogP) is 1.12. The number of carbonyl (C=O) groups excluding carboxylic acids is 1. The quantitative estimate of drug-likeness (QED) is 0.310. The van der Waals surface area contributed by atoms with Gasteiger partial charge in [0.25, 0.3) is 0 Å². The van der Waals surface area contributed by atoms with E-state index in [4.69, 9.17) is 10.6 Å². The molecule has 1 amide bonds. The number of hydrogen-bond acceptors (Lipinski definition) is 4. The van der Waals surface area contributed by atoms with E-state index in [1.807, 2.05) is 37.4 Å². The number of nitrogens with two attached hydrogens (primary N) is 1. The Morgan fingerprint density at radius 2 is 2.14 bits per heavy atom. The topological polar surface area (TPSA) is 67.6 Å². The van der Waals surface area contributed by atoms with Gasteiger partial charge in [0.05, 0.1) is 12.5 Å². The highest BCUT2D eigenvalue weighted by Crippen LogP contribution is 2.28. The van der Waals surface area contributed by atoms with Gasteiger partial charge in [-0.15, -0.1) is 0 Å². The highest BCUT2D eigenvalue weighted by Gasteiger charge is 2.22. The average molecular weight is 291 g/mol. The first kappa shape index (κ1) is 15.9. The number of benzene rings is 1. The van der Waals surface area contributed by atoms with Crippen molar-refractivity contribution in [2.75, 3.05) is 33.4 Å². The third kappa shape index (κ3) is 5.46. The Morgan fingerprint density at radius 3 is 2.76 bits per heavy atom. The fourth-order valence-electron chi connectivity index (χ4n) is 2.28. The van der Waals surface area contributed by atoms with Crippen molar-refractivity contribution in [2.24, 2.45) is 11.8 Å². The lowest BCUT2D eigenvalue weighted by Gasteiger charge is -2.23. The van der Waals surface area contributed by atoms with Gasteiger partial charge in [-0.1, -0.05) is 30.3 Å². The van der Waals surface area contributed by atoms with Gasteiger partial charge in [-0.3, -0.25) is 10.2 Å². The van der Waals surface area contributed by atoms with E-state index in [9.17, 15) is 4.79 Å². The van der Waals surface area contributed by atoms with Crippen LogP contribution in [0.1, 0.15) is 24.3 Å². The van der Waals surface area contributed by atoms with E-state index < -0.39 is 0 Å². The molecule has 0 aliphatic heterocycles. The Balaban J connectivity index is 1.81. The van der Waals surface area contributed by atoms with Crippen LogP contribution < -0.4 is 11.3 Å². The van der Waals surface area contributed by atoms with Crippen LogP contribution in [0.4, 0.5) is 0 Å². The van der Waals surface area contributed by atoms with E-state index >= 15 is 0 Å². The number of ether oxygens (including phenoxy) is 1. The van der Waals surface area contributed by atoms with Crippen LogP contribution >= 0.6 is 0 Å². The van der Waals surface area contributed by atoms with Gasteiger partial charge in [0.1, 0.15) is 0 Å². The molecule has 0 heterocycles. The number of nitrogens with one attached hydrogen (secondary N) is 1. The van der Waals surface area contributed by atoms with Gasteiger partial charge in [-0.25, -0.2) is 5.84 Å². The van der Waals surface area contributed by atoms with Crippen LogP contribution in [0.2, 0.25) is 0 Å². The van der Waals surface area contributed by atoms with Crippen molar-refractivity contribution in [1.29, 1.82) is 0 Å². The number of rotatable bonds is 9. The third-order valence-corrected chi connectivity index (χ3v) is 3.82. The van der Waals surface area contributed by atoms with Crippen molar-refractivity contribution in [3.8, 4) is 0 Å². The first-order chi connectivity index (χ1) is 10.2. The van der Waals surface area contributed by atoms with Crippen molar-refractivity contribution in [3.63, 3.8) is 0 Å². The van der Waals surface area contributed by atoms with Gasteiger partial charge in [-0.05, 0) is 31.4 Å². The molecule has 0 bridgehead atoms. The minimum Gasteiger partial charge on any atom is -0.380 e. The van der Waals surface area contributed by atoms with E-state index in [1.165, 1.54) is 12.8 Å². The minimum atomic E-state index is -0.260. The molecule has 1 unspecified atom stereocenters. The number of carbonyl (C=O) groups is 1. The van der Waals surface area contributed by atoms with Gasteiger partial charge >= 0.3 is 0 Å². The van der Waals surface area contributed by atoms with Gasteiger partial charge in [0.15, 0.2) is 0 Å². The minimum absolute atomic E-state index is 0.160. The molecule has 5 heteroatoms. The normalized spacial score (nSPS) is 16.0. The molecule has 1 fully saturated rings. The van der Waals surface area contributed by atoms with Crippen LogP contribution in [0, 0.1) is 5.92 Å². The van der Waals surface area contributed by atoms with E-state index in [2.05, 4.69) is 10.3 Å². The number of hydrogen-bond donors (Lipinski definition) is 2. The molecule has 21 heavy (non-hydrogen) atoms. The van der Waals surface area contributed by atoms with Gasteiger partial charge in [-0.2, -0.15) is 0 Å². The molecule has 3 N–H and O–H groups in total. The smallest absolute Gasteiger partial charge is 0.242 e. The summed E-state index contributed by atoms with van der Waals surface area (Å²) in [6, 6.07) is 9.72. The molecule has 1 atom stereocenters. The van der Waals surface area contributed by atoms with Crippen LogP contribution in [0.15, 0.2) is 30.3 Å².